The van der Waals surface area contributed by atoms with Gasteiger partial charge in [-0.1, -0.05) is 37.6 Å². The molecule has 0 radical (unpaired) electrons. The van der Waals surface area contributed by atoms with Crippen LogP contribution in [-0.2, 0) is 11.2 Å². The first-order valence-electron chi connectivity index (χ1n) is 9.92. The van der Waals surface area contributed by atoms with Crippen LogP contribution in [-0.4, -0.2) is 48.8 Å². The molecule has 1 nitrogen and oxygen atoms in total. The Morgan fingerprint density at radius 3 is 1.56 bits per heavy atom. The maximum absolute atomic E-state index is 14.4. The van der Waals surface area contributed by atoms with Crippen molar-refractivity contribution in [1.82, 2.24) is 0 Å². The molecule has 16 heteroatoms. The van der Waals surface area contributed by atoms with Gasteiger partial charge in [0.2, 0.25) is 0 Å². The third kappa shape index (κ3) is 5.10. The molecule has 0 saturated heterocycles. The second-order valence-electron chi connectivity index (χ2n) is 7.81. The summed E-state index contributed by atoms with van der Waals surface area (Å²) < 4.78 is 206. The van der Waals surface area contributed by atoms with Crippen LogP contribution in [0.5, 0.6) is 0 Å². The van der Waals surface area contributed by atoms with Gasteiger partial charge in [0.1, 0.15) is 0 Å². The predicted molar refractivity (Wildman–Crippen MR) is 95.2 cm³/mol. The van der Waals surface area contributed by atoms with E-state index in [2.05, 4.69) is 4.74 Å². The minimum atomic E-state index is -8.30. The van der Waals surface area contributed by atoms with Crippen molar-refractivity contribution in [2.75, 3.05) is 7.11 Å². The summed E-state index contributed by atoms with van der Waals surface area (Å²) in [5.74, 6) is -46.6. The number of hydrogen-bond donors (Lipinski definition) is 0. The Kier molecular flexibility index (Phi) is 9.04. The van der Waals surface area contributed by atoms with Gasteiger partial charge >= 0.3 is 41.7 Å². The summed E-state index contributed by atoms with van der Waals surface area (Å²) in [5, 5.41) is 0. The molecule has 210 valence electrons. The summed E-state index contributed by atoms with van der Waals surface area (Å²) in [6.07, 6.45) is -11.3. The van der Waals surface area contributed by atoms with Gasteiger partial charge in [0.15, 0.2) is 0 Å². The van der Waals surface area contributed by atoms with Gasteiger partial charge in [-0.15, -0.1) is 0 Å². The fourth-order valence-electron chi connectivity index (χ4n) is 3.12. The molecule has 0 aliphatic carbocycles. The molecule has 0 spiro atoms. The van der Waals surface area contributed by atoms with E-state index in [1.54, 1.807) is 6.92 Å². The van der Waals surface area contributed by atoms with Crippen molar-refractivity contribution in [3.63, 3.8) is 0 Å². The van der Waals surface area contributed by atoms with Crippen molar-refractivity contribution in [2.45, 2.75) is 80.4 Å². The standard InChI is InChI=1S/C20H19F15O/c1-3-4-7-11-8-5-6-9-12(11)13(36-2)10-14(21,22)15(23,24)16(25,26)17(27,28)18(29,30)19(31,32)20(33,34)35/h5-6,8-9,13H,3-4,7,10H2,1-2H3. The summed E-state index contributed by atoms with van der Waals surface area (Å²) in [5.41, 5.74) is -0.0910. The number of rotatable bonds is 12. The van der Waals surface area contributed by atoms with E-state index in [-0.39, 0.29) is 17.5 Å². The molecule has 0 amide bonds. The number of alkyl halides is 15. The van der Waals surface area contributed by atoms with Crippen LogP contribution in [0.1, 0.15) is 43.4 Å². The van der Waals surface area contributed by atoms with E-state index in [0.717, 1.165) is 6.07 Å². The third-order valence-electron chi connectivity index (χ3n) is 5.32. The van der Waals surface area contributed by atoms with Crippen LogP contribution in [0.4, 0.5) is 65.9 Å². The van der Waals surface area contributed by atoms with E-state index >= 15 is 0 Å². The SMILES string of the molecule is CCCCc1ccccc1C(CC(F)(F)C(F)(F)C(F)(F)C(F)(F)C(F)(F)C(F)(F)C(F)(F)F)OC. The largest absolute Gasteiger partial charge is 0.460 e. The fraction of sp³-hybridized carbons (Fsp3) is 0.700. The maximum Gasteiger partial charge on any atom is 0.460 e. The van der Waals surface area contributed by atoms with Crippen LogP contribution in [0, 0.1) is 0 Å². The first-order chi connectivity index (χ1) is 16.0. The topological polar surface area (TPSA) is 9.23 Å². The minimum absolute atomic E-state index is 0.140. The molecule has 1 aromatic carbocycles. The maximum atomic E-state index is 14.4. The van der Waals surface area contributed by atoms with E-state index in [0.29, 0.717) is 20.0 Å². The summed E-state index contributed by atoms with van der Waals surface area (Å²) in [6, 6.07) is 4.93. The van der Waals surface area contributed by atoms with Crippen molar-refractivity contribution in [2.24, 2.45) is 0 Å². The zero-order chi connectivity index (χ0) is 28.6. The first-order valence-corrected chi connectivity index (χ1v) is 9.92. The number of methoxy groups -OCH3 is 1. The highest BCUT2D eigenvalue weighted by atomic mass is 19.4. The van der Waals surface area contributed by atoms with Crippen LogP contribution in [0.15, 0.2) is 24.3 Å². The minimum Gasteiger partial charge on any atom is -0.377 e. The molecular formula is C20H19F15O. The lowest BCUT2D eigenvalue weighted by Crippen LogP contribution is -2.72. The van der Waals surface area contributed by atoms with E-state index in [1.807, 2.05) is 0 Å². The average molecular weight is 560 g/mol. The normalized spacial score (nSPS) is 15.8. The Morgan fingerprint density at radius 1 is 0.667 bits per heavy atom. The molecule has 0 aromatic heterocycles. The number of benzene rings is 1. The second-order valence-corrected chi connectivity index (χ2v) is 7.81. The Balaban J connectivity index is 3.51. The average Bonchev–Trinajstić information content (AvgIpc) is 2.74. The molecule has 0 N–H and O–H groups in total. The Bertz CT molecular complexity index is 876. The smallest absolute Gasteiger partial charge is 0.377 e. The third-order valence-corrected chi connectivity index (χ3v) is 5.32. The molecule has 1 aromatic rings. The molecule has 0 heterocycles. The van der Waals surface area contributed by atoms with Gasteiger partial charge in [-0.3, -0.25) is 0 Å². The summed E-state index contributed by atoms with van der Waals surface area (Å²) in [7, 11) is 0.639. The number of aryl methyl sites for hydroxylation is 1. The molecule has 0 bridgehead atoms. The number of hydrogen-bond acceptors (Lipinski definition) is 1. The Morgan fingerprint density at radius 2 is 1.11 bits per heavy atom. The van der Waals surface area contributed by atoms with Gasteiger partial charge < -0.3 is 4.74 Å². The van der Waals surface area contributed by atoms with Gasteiger partial charge in [-0.2, -0.15) is 65.9 Å². The fourth-order valence-corrected chi connectivity index (χ4v) is 3.12. The van der Waals surface area contributed by atoms with Gasteiger partial charge in [-0.05, 0) is 24.0 Å². The van der Waals surface area contributed by atoms with Crippen molar-refractivity contribution in [3.8, 4) is 0 Å². The highest BCUT2D eigenvalue weighted by molar-refractivity contribution is 5.30. The first kappa shape index (κ1) is 32.2. The number of unbranched alkanes of at least 4 members (excludes halogenated alkanes) is 1. The lowest BCUT2D eigenvalue weighted by atomic mass is 9.87. The molecule has 0 fully saturated rings. The molecule has 0 aliphatic rings. The molecule has 0 saturated carbocycles. The van der Waals surface area contributed by atoms with E-state index in [4.69, 9.17) is 0 Å². The van der Waals surface area contributed by atoms with Crippen LogP contribution in [0.25, 0.3) is 0 Å². The molecule has 0 aliphatic heterocycles. The van der Waals surface area contributed by atoms with Gasteiger partial charge in [0.05, 0.1) is 6.10 Å². The molecule has 1 unspecified atom stereocenters. The van der Waals surface area contributed by atoms with Gasteiger partial charge in [0.25, 0.3) is 0 Å². The summed E-state index contributed by atoms with van der Waals surface area (Å²) in [4.78, 5) is 0. The molecular weight excluding hydrogens is 541 g/mol. The van der Waals surface area contributed by atoms with E-state index in [1.165, 1.54) is 18.2 Å². The number of ether oxygens (including phenoxy) is 1. The monoisotopic (exact) mass is 560 g/mol. The zero-order valence-corrected chi connectivity index (χ0v) is 18.3. The Hall–Kier alpha value is -1.87. The highest BCUT2D eigenvalue weighted by Crippen LogP contribution is 2.63. The predicted octanol–water partition coefficient (Wildman–Crippen LogP) is 8.48. The quantitative estimate of drug-likeness (QED) is 0.233. The van der Waals surface area contributed by atoms with E-state index < -0.39 is 54.2 Å². The lowest BCUT2D eigenvalue weighted by molar-refractivity contribution is -0.453. The van der Waals surface area contributed by atoms with Crippen LogP contribution in [0.2, 0.25) is 0 Å². The van der Waals surface area contributed by atoms with Gasteiger partial charge in [0, 0.05) is 13.5 Å². The lowest BCUT2D eigenvalue weighted by Gasteiger charge is -2.42. The van der Waals surface area contributed by atoms with Crippen molar-refractivity contribution in [1.29, 1.82) is 0 Å². The molecule has 1 atom stereocenters. The van der Waals surface area contributed by atoms with E-state index in [9.17, 15) is 65.9 Å². The Labute approximate surface area is 194 Å². The highest BCUT2D eigenvalue weighted by Gasteiger charge is 2.93. The van der Waals surface area contributed by atoms with Crippen molar-refractivity contribution in [3.05, 3.63) is 35.4 Å². The van der Waals surface area contributed by atoms with Crippen LogP contribution >= 0.6 is 0 Å². The summed E-state index contributed by atoms with van der Waals surface area (Å²) in [6.45, 7) is 1.71. The van der Waals surface area contributed by atoms with Crippen molar-refractivity contribution < 1.29 is 70.6 Å². The molecule has 36 heavy (non-hydrogen) atoms. The van der Waals surface area contributed by atoms with Crippen molar-refractivity contribution >= 4 is 0 Å². The second kappa shape index (κ2) is 10.1. The van der Waals surface area contributed by atoms with Crippen LogP contribution in [0.3, 0.4) is 0 Å². The van der Waals surface area contributed by atoms with Gasteiger partial charge in [-0.25, -0.2) is 0 Å². The number of halogens is 15. The zero-order valence-electron chi connectivity index (χ0n) is 18.3. The van der Waals surface area contributed by atoms with Crippen LogP contribution < -0.4 is 0 Å². The summed E-state index contributed by atoms with van der Waals surface area (Å²) >= 11 is 0. The molecule has 1 rings (SSSR count).